The Kier molecular flexibility index (Phi) is 7.22. The lowest BCUT2D eigenvalue weighted by molar-refractivity contribution is 0.102. The summed E-state index contributed by atoms with van der Waals surface area (Å²) in [5, 5.41) is 3.07. The predicted octanol–water partition coefficient (Wildman–Crippen LogP) is 5.12. The maximum absolute atomic E-state index is 13.3. The highest BCUT2D eigenvalue weighted by atomic mass is 16.5. The molecule has 5 aromatic rings. The van der Waals surface area contributed by atoms with Gasteiger partial charge in [0.05, 0.1) is 5.52 Å². The fourth-order valence-electron chi connectivity index (χ4n) is 4.92. The summed E-state index contributed by atoms with van der Waals surface area (Å²) >= 11 is 0. The van der Waals surface area contributed by atoms with Crippen molar-refractivity contribution >= 4 is 22.6 Å². The van der Waals surface area contributed by atoms with E-state index in [-0.39, 0.29) is 5.91 Å². The van der Waals surface area contributed by atoms with Gasteiger partial charge in [-0.05, 0) is 73.6 Å². The number of pyridine rings is 1. The molecule has 1 fully saturated rings. The average Bonchev–Trinajstić information content (AvgIpc) is 3.44. The van der Waals surface area contributed by atoms with Gasteiger partial charge in [-0.25, -0.2) is 4.98 Å². The number of aryl methyl sites for hydroxylation is 1. The minimum absolute atomic E-state index is 0.203. The van der Waals surface area contributed by atoms with Crippen LogP contribution in [0.15, 0.2) is 79.3 Å². The van der Waals surface area contributed by atoms with E-state index in [2.05, 4.69) is 61.2 Å². The number of likely N-dealkylation sites (N-methyl/N-ethyl adjacent to an activating group) is 1. The van der Waals surface area contributed by atoms with E-state index in [1.165, 1.54) is 5.56 Å². The third-order valence-corrected chi connectivity index (χ3v) is 7.00. The SMILES string of the molecule is Cc1cc(CN2CCN(C)CC2)cc(NC(=O)c2cccc(Oc3nc(-c4cccnc4)nc4cc[nH]c34)c2)c1. The molecule has 9 nitrogen and oxygen atoms in total. The number of piperazine rings is 1. The van der Waals surface area contributed by atoms with Gasteiger partial charge in [-0.1, -0.05) is 12.1 Å². The lowest BCUT2D eigenvalue weighted by atomic mass is 10.1. The van der Waals surface area contributed by atoms with Gasteiger partial charge in [0.1, 0.15) is 11.3 Å². The predicted molar refractivity (Wildman–Crippen MR) is 156 cm³/mol. The minimum Gasteiger partial charge on any atom is -0.437 e. The van der Waals surface area contributed by atoms with Crippen LogP contribution < -0.4 is 10.1 Å². The van der Waals surface area contributed by atoms with Gasteiger partial charge in [-0.3, -0.25) is 14.7 Å². The van der Waals surface area contributed by atoms with E-state index < -0.39 is 0 Å². The molecule has 6 rings (SSSR count). The third kappa shape index (κ3) is 5.85. The molecule has 0 spiro atoms. The van der Waals surface area contributed by atoms with E-state index >= 15 is 0 Å². The fraction of sp³-hybridized carbons (Fsp3) is 0.226. The minimum atomic E-state index is -0.203. The summed E-state index contributed by atoms with van der Waals surface area (Å²) in [5.74, 6) is 1.18. The molecule has 4 heterocycles. The van der Waals surface area contributed by atoms with E-state index in [4.69, 9.17) is 4.74 Å². The van der Waals surface area contributed by atoms with Crippen molar-refractivity contribution in [1.82, 2.24) is 29.7 Å². The Labute approximate surface area is 232 Å². The van der Waals surface area contributed by atoms with Crippen molar-refractivity contribution in [2.24, 2.45) is 0 Å². The Bertz CT molecular complexity index is 1640. The smallest absolute Gasteiger partial charge is 0.255 e. The molecule has 0 atom stereocenters. The summed E-state index contributed by atoms with van der Waals surface area (Å²) in [7, 11) is 2.16. The Morgan fingerprint density at radius 2 is 1.90 bits per heavy atom. The molecule has 2 N–H and O–H groups in total. The molecule has 0 aliphatic carbocycles. The van der Waals surface area contributed by atoms with Crippen molar-refractivity contribution in [2.45, 2.75) is 13.5 Å². The van der Waals surface area contributed by atoms with Crippen molar-refractivity contribution in [2.75, 3.05) is 38.5 Å². The second kappa shape index (κ2) is 11.3. The number of hydrogen-bond donors (Lipinski definition) is 2. The molecule has 1 amide bonds. The number of aromatic nitrogens is 4. The van der Waals surface area contributed by atoms with Crippen LogP contribution in [0.5, 0.6) is 11.6 Å². The molecule has 1 aliphatic rings. The van der Waals surface area contributed by atoms with Crippen molar-refractivity contribution in [1.29, 1.82) is 0 Å². The molecule has 2 aromatic carbocycles. The number of amides is 1. The van der Waals surface area contributed by atoms with Gasteiger partial charge in [0.15, 0.2) is 5.82 Å². The number of aromatic amines is 1. The van der Waals surface area contributed by atoms with Crippen LogP contribution in [0.1, 0.15) is 21.5 Å². The zero-order valence-corrected chi connectivity index (χ0v) is 22.6. The van der Waals surface area contributed by atoms with Gasteiger partial charge >= 0.3 is 0 Å². The number of fused-ring (bicyclic) bond motifs is 1. The van der Waals surface area contributed by atoms with Crippen LogP contribution in [-0.2, 0) is 6.54 Å². The first-order chi connectivity index (χ1) is 19.5. The number of nitrogens with zero attached hydrogens (tertiary/aromatic N) is 5. The fourth-order valence-corrected chi connectivity index (χ4v) is 4.92. The summed E-state index contributed by atoms with van der Waals surface area (Å²) < 4.78 is 6.19. The first kappa shape index (κ1) is 25.7. The molecule has 40 heavy (non-hydrogen) atoms. The zero-order valence-electron chi connectivity index (χ0n) is 22.6. The number of H-pyrrole nitrogens is 1. The van der Waals surface area contributed by atoms with Crippen LogP contribution in [0.2, 0.25) is 0 Å². The number of ether oxygens (including phenoxy) is 1. The number of carbonyl (C=O) groups excluding carboxylic acids is 1. The molecule has 3 aromatic heterocycles. The highest BCUT2D eigenvalue weighted by Crippen LogP contribution is 2.29. The Hall–Kier alpha value is -4.60. The molecule has 0 unspecified atom stereocenters. The molecule has 0 radical (unpaired) electrons. The molecule has 9 heteroatoms. The largest absolute Gasteiger partial charge is 0.437 e. The molecular weight excluding hydrogens is 502 g/mol. The van der Waals surface area contributed by atoms with Crippen LogP contribution in [0, 0.1) is 6.92 Å². The summed E-state index contributed by atoms with van der Waals surface area (Å²) in [6.07, 6.45) is 5.21. The number of benzene rings is 2. The van der Waals surface area contributed by atoms with E-state index in [0.29, 0.717) is 28.5 Å². The molecule has 1 saturated heterocycles. The Balaban J connectivity index is 1.20. The van der Waals surface area contributed by atoms with Crippen molar-refractivity contribution in [3.8, 4) is 23.0 Å². The monoisotopic (exact) mass is 533 g/mol. The van der Waals surface area contributed by atoms with Gasteiger partial charge in [0.2, 0.25) is 5.88 Å². The second-order valence-electron chi connectivity index (χ2n) is 10.2. The quantitative estimate of drug-likeness (QED) is 0.300. The van der Waals surface area contributed by atoms with Crippen LogP contribution >= 0.6 is 0 Å². The molecule has 1 aliphatic heterocycles. The van der Waals surface area contributed by atoms with E-state index in [1.807, 2.05) is 24.3 Å². The van der Waals surface area contributed by atoms with Gasteiger partial charge in [-0.15, -0.1) is 0 Å². The van der Waals surface area contributed by atoms with Crippen LogP contribution in [0.25, 0.3) is 22.4 Å². The summed E-state index contributed by atoms with van der Waals surface area (Å²) in [5.41, 5.74) is 5.77. The number of nitrogens with one attached hydrogen (secondary N) is 2. The average molecular weight is 534 g/mol. The lowest BCUT2D eigenvalue weighted by Crippen LogP contribution is -2.43. The lowest BCUT2D eigenvalue weighted by Gasteiger charge is -2.32. The number of rotatable bonds is 7. The number of carbonyl (C=O) groups is 1. The zero-order chi connectivity index (χ0) is 27.5. The van der Waals surface area contributed by atoms with E-state index in [9.17, 15) is 4.79 Å². The van der Waals surface area contributed by atoms with Gasteiger partial charge in [-0.2, -0.15) is 4.98 Å². The standard InChI is InChI=1S/C31H31N7O2/c1-21-15-22(20-38-13-11-37(2)12-14-38)17-25(16-21)34-30(39)23-5-3-7-26(18-23)40-31-28-27(8-10-33-28)35-29(36-31)24-6-4-9-32-19-24/h3-10,15-19,33H,11-14,20H2,1-2H3,(H,34,39). The van der Waals surface area contributed by atoms with Crippen molar-refractivity contribution in [3.05, 3.63) is 95.9 Å². The number of anilines is 1. The molecule has 0 bridgehead atoms. The van der Waals surface area contributed by atoms with Crippen LogP contribution in [0.3, 0.4) is 0 Å². The van der Waals surface area contributed by atoms with E-state index in [0.717, 1.165) is 55.1 Å². The van der Waals surface area contributed by atoms with E-state index in [1.54, 1.807) is 42.9 Å². The highest BCUT2D eigenvalue weighted by Gasteiger charge is 2.16. The molecular formula is C31H31N7O2. The third-order valence-electron chi connectivity index (χ3n) is 7.00. The van der Waals surface area contributed by atoms with Gasteiger partial charge in [0.25, 0.3) is 5.91 Å². The summed E-state index contributed by atoms with van der Waals surface area (Å²) in [6.45, 7) is 7.16. The first-order valence-corrected chi connectivity index (χ1v) is 13.4. The van der Waals surface area contributed by atoms with Crippen molar-refractivity contribution < 1.29 is 9.53 Å². The second-order valence-corrected chi connectivity index (χ2v) is 10.2. The summed E-state index contributed by atoms with van der Waals surface area (Å²) in [6, 6.07) is 18.9. The molecule has 202 valence electrons. The maximum atomic E-state index is 13.3. The summed E-state index contributed by atoms with van der Waals surface area (Å²) in [4.78, 5) is 34.6. The van der Waals surface area contributed by atoms with Gasteiger partial charge < -0.3 is 19.9 Å². The highest BCUT2D eigenvalue weighted by molar-refractivity contribution is 6.04. The van der Waals surface area contributed by atoms with Crippen molar-refractivity contribution in [3.63, 3.8) is 0 Å². The van der Waals surface area contributed by atoms with Gasteiger partial charge in [0, 0.05) is 68.1 Å². The van der Waals surface area contributed by atoms with Crippen LogP contribution in [0.4, 0.5) is 5.69 Å². The van der Waals surface area contributed by atoms with Crippen LogP contribution in [-0.4, -0.2) is 68.9 Å². The number of hydrogen-bond acceptors (Lipinski definition) is 7. The Morgan fingerprint density at radius 1 is 1.02 bits per heavy atom. The molecule has 0 saturated carbocycles. The maximum Gasteiger partial charge on any atom is 0.255 e. The first-order valence-electron chi connectivity index (χ1n) is 13.4. The normalized spacial score (nSPS) is 14.3. The Morgan fingerprint density at radius 3 is 2.73 bits per heavy atom. The topological polar surface area (TPSA) is 99.3 Å².